The van der Waals surface area contributed by atoms with E-state index in [4.69, 9.17) is 0 Å². The van der Waals surface area contributed by atoms with Crippen LogP contribution in [0.1, 0.15) is 25.3 Å². The molecule has 20 heavy (non-hydrogen) atoms. The zero-order valence-corrected chi connectivity index (χ0v) is 11.8. The summed E-state index contributed by atoms with van der Waals surface area (Å²) in [5.41, 5.74) is 1.98. The zero-order valence-electron chi connectivity index (χ0n) is 11.8. The monoisotopic (exact) mass is 272 g/mol. The minimum absolute atomic E-state index is 0.0104. The molecular weight excluding hydrogens is 252 g/mol. The number of nitrogens with one attached hydrogen (secondary N) is 1. The van der Waals surface area contributed by atoms with E-state index in [1.807, 2.05) is 24.3 Å². The highest BCUT2D eigenvalue weighted by atomic mass is 16.2. The Morgan fingerprint density at radius 2 is 2.20 bits per heavy atom. The van der Waals surface area contributed by atoms with E-state index in [1.54, 1.807) is 17.9 Å². The summed E-state index contributed by atoms with van der Waals surface area (Å²) in [7, 11) is 0. The number of amides is 2. The van der Waals surface area contributed by atoms with Gasteiger partial charge in [0, 0.05) is 18.7 Å². The van der Waals surface area contributed by atoms with E-state index in [9.17, 15) is 9.59 Å². The van der Waals surface area contributed by atoms with Crippen LogP contribution in [0.3, 0.4) is 0 Å². The number of para-hydroxylation sites is 1. The molecule has 0 radical (unpaired) electrons. The second-order valence-corrected chi connectivity index (χ2v) is 4.96. The van der Waals surface area contributed by atoms with Crippen molar-refractivity contribution in [2.45, 2.75) is 32.2 Å². The number of carbonyl (C=O) groups excluding carboxylic acids is 2. The number of hydrogen-bond donors (Lipinski definition) is 1. The van der Waals surface area contributed by atoms with Crippen molar-refractivity contribution in [3.8, 4) is 0 Å². The van der Waals surface area contributed by atoms with Gasteiger partial charge in [-0.15, -0.1) is 6.58 Å². The summed E-state index contributed by atoms with van der Waals surface area (Å²) in [5.74, 6) is -0.147. The maximum Gasteiger partial charge on any atom is 0.243 e. The first-order valence-corrected chi connectivity index (χ1v) is 6.93. The Hall–Kier alpha value is -2.10. The van der Waals surface area contributed by atoms with Gasteiger partial charge in [0.15, 0.2) is 0 Å². The van der Waals surface area contributed by atoms with Gasteiger partial charge in [0.2, 0.25) is 11.8 Å². The molecule has 1 heterocycles. The maximum atomic E-state index is 12.3. The Labute approximate surface area is 119 Å². The van der Waals surface area contributed by atoms with E-state index in [2.05, 4.69) is 11.9 Å². The molecule has 4 nitrogen and oxygen atoms in total. The van der Waals surface area contributed by atoms with Crippen LogP contribution in [0.15, 0.2) is 36.9 Å². The smallest absolute Gasteiger partial charge is 0.243 e. The number of benzene rings is 1. The minimum atomic E-state index is -0.512. The van der Waals surface area contributed by atoms with E-state index in [-0.39, 0.29) is 11.8 Å². The molecule has 0 aromatic heterocycles. The zero-order chi connectivity index (χ0) is 14.5. The SMILES string of the molecule is C=CCNC(=O)[C@H](C)N1C(=O)CCCc2ccccc21. The predicted octanol–water partition coefficient (Wildman–Crippen LogP) is 2.05. The van der Waals surface area contributed by atoms with E-state index in [0.717, 1.165) is 24.1 Å². The fraction of sp³-hybridized carbons (Fsp3) is 0.375. The Kier molecular flexibility index (Phi) is 4.56. The summed E-state index contributed by atoms with van der Waals surface area (Å²) in [5, 5.41) is 2.75. The summed E-state index contributed by atoms with van der Waals surface area (Å²) < 4.78 is 0. The summed E-state index contributed by atoms with van der Waals surface area (Å²) in [6.45, 7) is 5.75. The van der Waals surface area contributed by atoms with Gasteiger partial charge < -0.3 is 5.32 Å². The average Bonchev–Trinajstić information content (AvgIpc) is 2.62. The quantitative estimate of drug-likeness (QED) is 0.853. The molecular formula is C16H20N2O2. The summed E-state index contributed by atoms with van der Waals surface area (Å²) in [4.78, 5) is 26.1. The molecule has 1 atom stereocenters. The van der Waals surface area contributed by atoms with Crippen molar-refractivity contribution in [1.82, 2.24) is 5.32 Å². The van der Waals surface area contributed by atoms with Crippen LogP contribution < -0.4 is 10.2 Å². The van der Waals surface area contributed by atoms with Gasteiger partial charge in [-0.3, -0.25) is 14.5 Å². The van der Waals surface area contributed by atoms with Crippen molar-refractivity contribution >= 4 is 17.5 Å². The molecule has 2 rings (SSSR count). The van der Waals surface area contributed by atoms with Crippen LogP contribution in [0.25, 0.3) is 0 Å². The Morgan fingerprint density at radius 1 is 1.45 bits per heavy atom. The topological polar surface area (TPSA) is 49.4 Å². The number of aryl methyl sites for hydroxylation is 1. The van der Waals surface area contributed by atoms with Crippen LogP contribution in [0.4, 0.5) is 5.69 Å². The molecule has 4 heteroatoms. The lowest BCUT2D eigenvalue weighted by molar-refractivity contribution is -0.126. The van der Waals surface area contributed by atoms with Gasteiger partial charge in [0.1, 0.15) is 6.04 Å². The molecule has 1 aromatic carbocycles. The van der Waals surface area contributed by atoms with Crippen LogP contribution >= 0.6 is 0 Å². The largest absolute Gasteiger partial charge is 0.351 e. The molecule has 1 aliphatic heterocycles. The number of nitrogens with zero attached hydrogens (tertiary/aromatic N) is 1. The highest BCUT2D eigenvalue weighted by Crippen LogP contribution is 2.28. The van der Waals surface area contributed by atoms with Crippen molar-refractivity contribution in [3.63, 3.8) is 0 Å². The molecule has 0 fully saturated rings. The first-order valence-electron chi connectivity index (χ1n) is 6.93. The van der Waals surface area contributed by atoms with Crippen molar-refractivity contribution < 1.29 is 9.59 Å². The third-order valence-electron chi connectivity index (χ3n) is 3.54. The molecule has 0 aliphatic carbocycles. The molecule has 1 aromatic rings. The molecule has 1 N–H and O–H groups in total. The lowest BCUT2D eigenvalue weighted by atomic mass is 10.1. The Bertz CT molecular complexity index is 525. The van der Waals surface area contributed by atoms with E-state index in [0.29, 0.717) is 13.0 Å². The highest BCUT2D eigenvalue weighted by molar-refractivity contribution is 6.01. The van der Waals surface area contributed by atoms with Crippen molar-refractivity contribution in [3.05, 3.63) is 42.5 Å². The van der Waals surface area contributed by atoms with Crippen molar-refractivity contribution in [2.24, 2.45) is 0 Å². The van der Waals surface area contributed by atoms with Gasteiger partial charge in [0.25, 0.3) is 0 Å². The van der Waals surface area contributed by atoms with Gasteiger partial charge >= 0.3 is 0 Å². The van der Waals surface area contributed by atoms with Crippen LogP contribution in [-0.4, -0.2) is 24.4 Å². The highest BCUT2D eigenvalue weighted by Gasteiger charge is 2.29. The second-order valence-electron chi connectivity index (χ2n) is 4.96. The van der Waals surface area contributed by atoms with Gasteiger partial charge in [-0.05, 0) is 31.4 Å². The number of carbonyl (C=O) groups is 2. The van der Waals surface area contributed by atoms with Crippen molar-refractivity contribution in [1.29, 1.82) is 0 Å². The first kappa shape index (κ1) is 14.3. The standard InChI is InChI=1S/C16H20N2O2/c1-3-11-17-16(20)12(2)18-14-9-5-4-7-13(14)8-6-10-15(18)19/h3-5,7,9,12H,1,6,8,10-11H2,2H3,(H,17,20)/t12-/m0/s1. The molecule has 2 amide bonds. The van der Waals surface area contributed by atoms with Crippen molar-refractivity contribution in [2.75, 3.05) is 11.4 Å². The maximum absolute atomic E-state index is 12.3. The number of fused-ring (bicyclic) bond motifs is 1. The molecule has 0 saturated carbocycles. The van der Waals surface area contributed by atoms with E-state index < -0.39 is 6.04 Å². The number of rotatable bonds is 4. The van der Waals surface area contributed by atoms with Gasteiger partial charge in [-0.2, -0.15) is 0 Å². The molecule has 1 aliphatic rings. The van der Waals surface area contributed by atoms with Crippen LogP contribution in [-0.2, 0) is 16.0 Å². The summed E-state index contributed by atoms with van der Waals surface area (Å²) in [6, 6.07) is 7.29. The summed E-state index contributed by atoms with van der Waals surface area (Å²) >= 11 is 0. The minimum Gasteiger partial charge on any atom is -0.351 e. The van der Waals surface area contributed by atoms with Gasteiger partial charge in [-0.1, -0.05) is 24.3 Å². The molecule has 0 spiro atoms. The first-order chi connectivity index (χ1) is 9.65. The van der Waals surface area contributed by atoms with Gasteiger partial charge in [-0.25, -0.2) is 0 Å². The Morgan fingerprint density at radius 3 is 2.95 bits per heavy atom. The number of anilines is 1. The average molecular weight is 272 g/mol. The fourth-order valence-electron chi connectivity index (χ4n) is 2.50. The molecule has 0 saturated heterocycles. The van der Waals surface area contributed by atoms with Crippen LogP contribution in [0, 0.1) is 0 Å². The lowest BCUT2D eigenvalue weighted by Gasteiger charge is -2.28. The normalized spacial score (nSPS) is 16.1. The van der Waals surface area contributed by atoms with E-state index in [1.165, 1.54) is 0 Å². The van der Waals surface area contributed by atoms with E-state index >= 15 is 0 Å². The lowest BCUT2D eigenvalue weighted by Crippen LogP contribution is -2.48. The number of hydrogen-bond acceptors (Lipinski definition) is 2. The second kappa shape index (κ2) is 6.37. The van der Waals surface area contributed by atoms with Gasteiger partial charge in [0.05, 0.1) is 0 Å². The van der Waals surface area contributed by atoms with Crippen LogP contribution in [0.5, 0.6) is 0 Å². The Balaban J connectivity index is 2.30. The molecule has 106 valence electrons. The molecule has 0 bridgehead atoms. The third kappa shape index (κ3) is 2.90. The van der Waals surface area contributed by atoms with Crippen LogP contribution in [0.2, 0.25) is 0 Å². The fourth-order valence-corrected chi connectivity index (χ4v) is 2.50. The summed E-state index contributed by atoms with van der Waals surface area (Å²) in [6.07, 6.45) is 3.81. The third-order valence-corrected chi connectivity index (χ3v) is 3.54. The molecule has 0 unspecified atom stereocenters. The predicted molar refractivity (Wildman–Crippen MR) is 79.5 cm³/mol.